The molecule has 14 heteroatoms. The van der Waals surface area contributed by atoms with E-state index in [0.29, 0.717) is 47.0 Å². The average Bonchev–Trinajstić information content (AvgIpc) is 3.99. The summed E-state index contributed by atoms with van der Waals surface area (Å²) in [5.41, 5.74) is 0.167. The van der Waals surface area contributed by atoms with Gasteiger partial charge in [0.15, 0.2) is 10.8 Å². The number of unbranched alkanes of at least 4 members (excludes halogenated alkanes) is 2. The number of rotatable bonds is 16. The van der Waals surface area contributed by atoms with Crippen LogP contribution in [0, 0.1) is 17.8 Å². The lowest BCUT2D eigenvalue weighted by Gasteiger charge is -2.26. The van der Waals surface area contributed by atoms with Crippen molar-refractivity contribution in [3.05, 3.63) is 60.6 Å². The van der Waals surface area contributed by atoms with Gasteiger partial charge in [0, 0.05) is 24.9 Å². The first kappa shape index (κ1) is 36.6. The molecule has 3 saturated carbocycles. The number of allylic oxidation sites excluding steroid dienone is 1. The fourth-order valence-electron chi connectivity index (χ4n) is 6.75. The first-order valence-corrected chi connectivity index (χ1v) is 20.0. The summed E-state index contributed by atoms with van der Waals surface area (Å²) in [6.07, 6.45) is 6.97. The number of carbonyl (C=O) groups excluding carboxylic acids is 3. The molecule has 3 fully saturated rings. The number of hydrogen-bond acceptors (Lipinski definition) is 10. The molecule has 3 aliphatic carbocycles. The van der Waals surface area contributed by atoms with Crippen molar-refractivity contribution >= 4 is 50.0 Å². The lowest BCUT2D eigenvalue weighted by molar-refractivity contribution is -0.140. The number of carbonyl (C=O) groups is 3. The molecule has 0 radical (unpaired) electrons. The number of thiazole rings is 1. The number of ether oxygens (including phenoxy) is 1. The molecule has 2 aromatic heterocycles. The molecule has 51 heavy (non-hydrogen) atoms. The molecule has 6 rings (SSSR count). The monoisotopic (exact) mass is 734 g/mol. The minimum Gasteiger partial charge on any atom is -0.474 e. The van der Waals surface area contributed by atoms with Crippen LogP contribution in [-0.2, 0) is 24.4 Å². The van der Waals surface area contributed by atoms with Crippen molar-refractivity contribution in [1.29, 1.82) is 0 Å². The van der Waals surface area contributed by atoms with E-state index in [0.717, 1.165) is 25.0 Å². The van der Waals surface area contributed by atoms with Crippen molar-refractivity contribution in [2.75, 3.05) is 13.6 Å². The Labute approximate surface area is 303 Å². The number of aromatic nitrogens is 3. The highest BCUT2D eigenvalue weighted by Crippen LogP contribution is 2.46. The summed E-state index contributed by atoms with van der Waals surface area (Å²) in [4.78, 5) is 57.6. The molecule has 5 atom stereocenters. The molecular weight excluding hydrogens is 689 g/mol. The van der Waals surface area contributed by atoms with E-state index in [2.05, 4.69) is 37.0 Å². The predicted molar refractivity (Wildman–Crippen MR) is 196 cm³/mol. The van der Waals surface area contributed by atoms with Gasteiger partial charge in [0.05, 0.1) is 33.7 Å². The standard InChI is InChI=1S/C37H46N6O6S2/c1-6-8-9-12-17-43(5)35(45)28-19-24(18-27(28)32(44)41-37(20-23(37)7-2)36(46)42-51(47,48)25-15-16-25)49-33-26-13-10-11-14-29(26)38-31(40-33)34-39-30(21-50-34)22(3)4/h6-7,10-11,13-14,21-25,27-28H,1-2,8-9,12,15-20H2,3-5H3,(H,41,44)(H,42,46)/t23-,24-,27-,28-,37-/m1/s1. The van der Waals surface area contributed by atoms with Crippen LogP contribution >= 0.6 is 11.3 Å². The summed E-state index contributed by atoms with van der Waals surface area (Å²) in [5.74, 6) is -2.48. The van der Waals surface area contributed by atoms with E-state index in [1.54, 1.807) is 18.0 Å². The zero-order valence-corrected chi connectivity index (χ0v) is 31.0. The largest absolute Gasteiger partial charge is 0.474 e. The van der Waals surface area contributed by atoms with Crippen molar-refractivity contribution in [3.63, 3.8) is 0 Å². The zero-order valence-electron chi connectivity index (χ0n) is 29.3. The quantitative estimate of drug-likeness (QED) is 0.150. The van der Waals surface area contributed by atoms with Gasteiger partial charge >= 0.3 is 0 Å². The number of nitrogens with one attached hydrogen (secondary N) is 2. The maximum atomic E-state index is 14.2. The van der Waals surface area contributed by atoms with Crippen molar-refractivity contribution < 1.29 is 27.5 Å². The molecule has 272 valence electrons. The number of sulfonamides is 1. The number of amides is 3. The molecule has 3 aliphatic rings. The van der Waals surface area contributed by atoms with Gasteiger partial charge in [-0.05, 0) is 69.4 Å². The van der Waals surface area contributed by atoms with Crippen LogP contribution in [0.3, 0.4) is 0 Å². The molecule has 12 nitrogen and oxygen atoms in total. The molecule has 1 aromatic carbocycles. The van der Waals surface area contributed by atoms with Gasteiger partial charge in [-0.15, -0.1) is 24.5 Å². The molecule has 0 saturated heterocycles. The Hall–Kier alpha value is -4.17. The molecule has 0 spiro atoms. The summed E-state index contributed by atoms with van der Waals surface area (Å²) in [7, 11) is -2.11. The Bertz CT molecular complexity index is 1940. The van der Waals surface area contributed by atoms with E-state index >= 15 is 0 Å². The van der Waals surface area contributed by atoms with Crippen molar-refractivity contribution in [2.24, 2.45) is 17.8 Å². The van der Waals surface area contributed by atoms with Gasteiger partial charge < -0.3 is 15.0 Å². The molecule has 3 amide bonds. The highest BCUT2D eigenvalue weighted by atomic mass is 32.2. The van der Waals surface area contributed by atoms with Crippen LogP contribution in [0.25, 0.3) is 21.7 Å². The molecule has 2 N–H and O–H groups in total. The summed E-state index contributed by atoms with van der Waals surface area (Å²) >= 11 is 1.46. The Morgan fingerprint density at radius 1 is 1.10 bits per heavy atom. The molecule has 0 bridgehead atoms. The number of hydrogen-bond donors (Lipinski definition) is 2. The van der Waals surface area contributed by atoms with Gasteiger partial charge in [-0.2, -0.15) is 4.98 Å². The maximum Gasteiger partial charge on any atom is 0.259 e. The van der Waals surface area contributed by atoms with E-state index in [9.17, 15) is 22.8 Å². The van der Waals surface area contributed by atoms with E-state index in [-0.39, 0.29) is 31.1 Å². The zero-order chi connectivity index (χ0) is 36.5. The van der Waals surface area contributed by atoms with Crippen LogP contribution in [0.2, 0.25) is 0 Å². The lowest BCUT2D eigenvalue weighted by Crippen LogP contribution is -2.54. The van der Waals surface area contributed by atoms with Crippen molar-refractivity contribution in [2.45, 2.75) is 88.0 Å². The first-order chi connectivity index (χ1) is 24.4. The summed E-state index contributed by atoms with van der Waals surface area (Å²) in [5, 5.41) is 5.63. The predicted octanol–water partition coefficient (Wildman–Crippen LogP) is 5.13. The number of nitrogens with zero attached hydrogens (tertiary/aromatic N) is 4. The van der Waals surface area contributed by atoms with Gasteiger partial charge in [0.1, 0.15) is 11.6 Å². The third kappa shape index (κ3) is 7.86. The van der Waals surface area contributed by atoms with Crippen LogP contribution < -0.4 is 14.8 Å². The van der Waals surface area contributed by atoms with E-state index in [1.165, 1.54) is 11.3 Å². The number of para-hydroxylation sites is 1. The fraction of sp³-hybridized carbons (Fsp3) is 0.514. The average molecular weight is 735 g/mol. The SMILES string of the molecule is C=CCCCCN(C)C(=O)[C@@H]1C[C@H](Oc2nc(-c3nc(C(C)C)cs3)nc3ccccc23)C[C@H]1C(=O)N[C@]1(C(=O)NS(=O)(=O)C2CC2)C[C@H]1C=C. The Balaban J connectivity index is 1.26. The third-order valence-corrected chi connectivity index (χ3v) is 12.8. The summed E-state index contributed by atoms with van der Waals surface area (Å²) < 4.78 is 34.1. The van der Waals surface area contributed by atoms with E-state index < -0.39 is 56.5 Å². The second kappa shape index (κ2) is 14.8. The van der Waals surface area contributed by atoms with Crippen LogP contribution in [0.1, 0.15) is 76.8 Å². The first-order valence-electron chi connectivity index (χ1n) is 17.6. The lowest BCUT2D eigenvalue weighted by atomic mass is 9.93. The molecule has 3 aromatic rings. The number of fused-ring (bicyclic) bond motifs is 1. The van der Waals surface area contributed by atoms with Crippen molar-refractivity contribution in [3.8, 4) is 16.7 Å². The highest BCUT2D eigenvalue weighted by molar-refractivity contribution is 7.91. The smallest absolute Gasteiger partial charge is 0.259 e. The van der Waals surface area contributed by atoms with Crippen LogP contribution in [0.4, 0.5) is 0 Å². The third-order valence-electron chi connectivity index (χ3n) is 10.1. The second-order valence-corrected chi connectivity index (χ2v) is 17.1. The molecule has 2 heterocycles. The Kier molecular flexibility index (Phi) is 10.6. The van der Waals surface area contributed by atoms with Gasteiger partial charge in [-0.25, -0.2) is 18.4 Å². The summed E-state index contributed by atoms with van der Waals surface area (Å²) in [6.45, 7) is 12.2. The molecule has 0 aliphatic heterocycles. The minimum atomic E-state index is -3.84. The van der Waals surface area contributed by atoms with E-state index in [4.69, 9.17) is 19.7 Å². The Morgan fingerprint density at radius 2 is 1.84 bits per heavy atom. The maximum absolute atomic E-state index is 14.2. The Morgan fingerprint density at radius 3 is 2.51 bits per heavy atom. The van der Waals surface area contributed by atoms with Crippen LogP contribution in [0.15, 0.2) is 55.0 Å². The van der Waals surface area contributed by atoms with E-state index in [1.807, 2.05) is 35.7 Å². The number of benzene rings is 1. The van der Waals surface area contributed by atoms with Gasteiger partial charge in [-0.3, -0.25) is 19.1 Å². The topological polar surface area (TPSA) is 161 Å². The minimum absolute atomic E-state index is 0.186. The highest BCUT2D eigenvalue weighted by Gasteiger charge is 2.62. The summed E-state index contributed by atoms with van der Waals surface area (Å²) in [6, 6.07) is 7.50. The molecular formula is C37H46N6O6S2. The van der Waals surface area contributed by atoms with Crippen molar-refractivity contribution in [1.82, 2.24) is 29.9 Å². The van der Waals surface area contributed by atoms with Crippen LogP contribution in [0.5, 0.6) is 5.88 Å². The van der Waals surface area contributed by atoms with Gasteiger partial charge in [0.25, 0.3) is 5.91 Å². The van der Waals surface area contributed by atoms with Gasteiger partial charge in [0.2, 0.25) is 27.7 Å². The second-order valence-electron chi connectivity index (χ2n) is 14.3. The van der Waals surface area contributed by atoms with Crippen LogP contribution in [-0.4, -0.2) is 76.5 Å². The fourth-order valence-corrected chi connectivity index (χ4v) is 9.03. The normalized spacial score (nSPS) is 24.2. The van der Waals surface area contributed by atoms with Gasteiger partial charge in [-0.1, -0.05) is 38.1 Å². The molecule has 0 unspecified atom stereocenters.